The van der Waals surface area contributed by atoms with Crippen molar-refractivity contribution in [2.24, 2.45) is 0 Å². The smallest absolute Gasteiger partial charge is 0.265 e. The molecule has 5 aromatic rings. The summed E-state index contributed by atoms with van der Waals surface area (Å²) in [5.41, 5.74) is 4.46. The van der Waals surface area contributed by atoms with Crippen molar-refractivity contribution in [3.05, 3.63) is 89.0 Å². The third-order valence-electron chi connectivity index (χ3n) is 6.15. The van der Waals surface area contributed by atoms with E-state index in [0.717, 1.165) is 11.3 Å². The minimum Gasteiger partial charge on any atom is -0.348 e. The van der Waals surface area contributed by atoms with E-state index < -0.39 is 12.5 Å². The Morgan fingerprint density at radius 1 is 1.21 bits per heavy atom. The number of carbonyl (C=O) groups excluding carboxylic acids is 1. The summed E-state index contributed by atoms with van der Waals surface area (Å²) in [5, 5.41) is 8.90. The number of nitrogens with zero attached hydrogens (tertiary/aromatic N) is 6. The summed E-state index contributed by atoms with van der Waals surface area (Å²) in [6, 6.07) is 7.73. The van der Waals surface area contributed by atoms with Crippen molar-refractivity contribution in [1.29, 1.82) is 0 Å². The number of aromatic nitrogens is 6. The molecule has 0 fully saturated rings. The fourth-order valence-corrected chi connectivity index (χ4v) is 4.58. The molecule has 5 aromatic heterocycles. The minimum atomic E-state index is -2.63. The zero-order chi connectivity index (χ0) is 22.7. The van der Waals surface area contributed by atoms with E-state index >= 15 is 0 Å². The average molecular weight is 447 g/mol. The van der Waals surface area contributed by atoms with Crippen LogP contribution in [0.2, 0.25) is 0 Å². The number of alkyl halides is 2. The summed E-state index contributed by atoms with van der Waals surface area (Å²) >= 11 is 0. The molecule has 0 aromatic carbocycles. The van der Waals surface area contributed by atoms with Gasteiger partial charge in [0.05, 0.1) is 40.5 Å². The summed E-state index contributed by atoms with van der Waals surface area (Å²) in [7, 11) is 0. The van der Waals surface area contributed by atoms with Crippen LogP contribution in [0.5, 0.6) is 0 Å². The molecule has 0 unspecified atom stereocenters. The number of carbonyl (C=O) groups is 1. The largest absolute Gasteiger partial charge is 0.348 e. The van der Waals surface area contributed by atoms with Gasteiger partial charge in [-0.15, -0.1) is 0 Å². The van der Waals surface area contributed by atoms with Gasteiger partial charge in [-0.1, -0.05) is 6.07 Å². The Morgan fingerprint density at radius 2 is 2.09 bits per heavy atom. The van der Waals surface area contributed by atoms with Crippen LogP contribution in [0.1, 0.15) is 51.0 Å². The monoisotopic (exact) mass is 447 g/mol. The van der Waals surface area contributed by atoms with Crippen molar-refractivity contribution in [2.75, 3.05) is 6.54 Å². The third kappa shape index (κ3) is 3.01. The summed E-state index contributed by atoms with van der Waals surface area (Å²) in [6.45, 7) is 2.39. The highest BCUT2D eigenvalue weighted by Crippen LogP contribution is 2.36. The molecule has 0 aliphatic carbocycles. The van der Waals surface area contributed by atoms with E-state index in [2.05, 4.69) is 20.2 Å². The van der Waals surface area contributed by atoms with E-state index in [0.29, 0.717) is 41.0 Å². The summed E-state index contributed by atoms with van der Waals surface area (Å²) < 4.78 is 30.3. The molecule has 166 valence electrons. The van der Waals surface area contributed by atoms with Gasteiger partial charge < -0.3 is 9.88 Å². The Bertz CT molecular complexity index is 1520. The van der Waals surface area contributed by atoms with Gasteiger partial charge in [0.2, 0.25) is 0 Å². The van der Waals surface area contributed by atoms with Gasteiger partial charge in [-0.2, -0.15) is 10.2 Å². The number of hydrogen-bond donors (Lipinski definition) is 1. The molecule has 1 aliphatic heterocycles. The molecule has 33 heavy (non-hydrogen) atoms. The second-order valence-corrected chi connectivity index (χ2v) is 8.18. The van der Waals surface area contributed by atoms with Crippen LogP contribution in [0, 0.1) is 6.92 Å². The Labute approximate surface area is 186 Å². The van der Waals surface area contributed by atoms with E-state index in [4.69, 9.17) is 0 Å². The first kappa shape index (κ1) is 19.6. The van der Waals surface area contributed by atoms with E-state index in [1.165, 1.54) is 16.6 Å². The lowest BCUT2D eigenvalue weighted by atomic mass is 9.98. The zero-order valence-electron chi connectivity index (χ0n) is 17.6. The fourth-order valence-electron chi connectivity index (χ4n) is 4.58. The molecule has 1 N–H and O–H groups in total. The van der Waals surface area contributed by atoms with Crippen LogP contribution < -0.4 is 0 Å². The average Bonchev–Trinajstić information content (AvgIpc) is 3.54. The lowest BCUT2D eigenvalue weighted by molar-refractivity contribution is 0.0689. The van der Waals surface area contributed by atoms with Gasteiger partial charge in [0.15, 0.2) is 0 Å². The first-order chi connectivity index (χ1) is 16.0. The van der Waals surface area contributed by atoms with Crippen LogP contribution in [0.25, 0.3) is 11.0 Å². The Balaban J connectivity index is 1.49. The number of H-pyrrole nitrogens is 1. The van der Waals surface area contributed by atoms with Crippen LogP contribution in [-0.2, 0) is 6.42 Å². The molecular weight excluding hydrogens is 428 g/mol. The maximum atomic E-state index is 13.7. The number of aromatic amines is 1. The van der Waals surface area contributed by atoms with E-state index in [9.17, 15) is 13.6 Å². The maximum Gasteiger partial charge on any atom is 0.265 e. The van der Waals surface area contributed by atoms with Gasteiger partial charge in [-0.3, -0.25) is 4.79 Å². The standard InChI is InChI=1S/C23H19F2N7O/c1-13-4-5-18-15(10-28-32(18)11-13)23(33)30-8-6-16-20(27-12-26-16)21(30)17-9-19-14(22(24)25)3-2-7-31(19)29-17/h2-5,7,9-12,21-22H,6,8H2,1H3,(H,26,27)/t21-/m1/s1. The Morgan fingerprint density at radius 3 is 2.94 bits per heavy atom. The number of aryl methyl sites for hydroxylation is 1. The first-order valence-corrected chi connectivity index (χ1v) is 10.5. The van der Waals surface area contributed by atoms with Crippen LogP contribution in [0.4, 0.5) is 8.78 Å². The Hall–Kier alpha value is -4.08. The van der Waals surface area contributed by atoms with Crippen molar-refractivity contribution < 1.29 is 13.6 Å². The molecule has 1 aliphatic rings. The number of nitrogens with one attached hydrogen (secondary N) is 1. The number of fused-ring (bicyclic) bond motifs is 3. The van der Waals surface area contributed by atoms with Crippen LogP contribution >= 0.6 is 0 Å². The third-order valence-corrected chi connectivity index (χ3v) is 6.15. The molecule has 8 nitrogen and oxygen atoms in total. The Kier molecular flexibility index (Phi) is 4.29. The molecule has 0 saturated carbocycles. The van der Waals surface area contributed by atoms with Crippen LogP contribution in [0.3, 0.4) is 0 Å². The van der Waals surface area contributed by atoms with Crippen LogP contribution in [0.15, 0.2) is 55.2 Å². The summed E-state index contributed by atoms with van der Waals surface area (Å²) in [5.74, 6) is -0.210. The number of amides is 1. The molecule has 0 bridgehead atoms. The maximum absolute atomic E-state index is 13.7. The van der Waals surface area contributed by atoms with Crippen molar-refractivity contribution >= 4 is 16.9 Å². The number of imidazole rings is 1. The molecule has 1 atom stereocenters. The SMILES string of the molecule is Cc1ccc2c(C(=O)N3CCc4[nH]cnc4[C@H]3c3cc4c(C(F)F)cccn4n3)cnn2c1. The second-order valence-electron chi connectivity index (χ2n) is 8.18. The number of rotatable bonds is 3. The van der Waals surface area contributed by atoms with E-state index in [1.807, 2.05) is 25.3 Å². The van der Waals surface area contributed by atoms with E-state index in [1.54, 1.807) is 34.2 Å². The highest BCUT2D eigenvalue weighted by atomic mass is 19.3. The number of hydrogen-bond acceptors (Lipinski definition) is 4. The van der Waals surface area contributed by atoms with Gasteiger partial charge in [-0.05, 0) is 36.8 Å². The molecule has 6 heterocycles. The van der Waals surface area contributed by atoms with Crippen molar-refractivity contribution in [3.8, 4) is 0 Å². The normalized spacial score (nSPS) is 16.1. The topological polar surface area (TPSA) is 83.6 Å². The van der Waals surface area contributed by atoms with Gasteiger partial charge >= 0.3 is 0 Å². The summed E-state index contributed by atoms with van der Waals surface area (Å²) in [4.78, 5) is 23.0. The van der Waals surface area contributed by atoms with Gasteiger partial charge in [0, 0.05) is 36.6 Å². The molecule has 1 amide bonds. The molecule has 0 saturated heterocycles. The van der Waals surface area contributed by atoms with Crippen molar-refractivity contribution in [3.63, 3.8) is 0 Å². The van der Waals surface area contributed by atoms with Crippen molar-refractivity contribution in [2.45, 2.75) is 25.8 Å². The molecule has 6 rings (SSSR count). The van der Waals surface area contributed by atoms with Crippen molar-refractivity contribution in [1.82, 2.24) is 34.1 Å². The number of pyridine rings is 2. The minimum absolute atomic E-state index is 0.106. The summed E-state index contributed by atoms with van der Waals surface area (Å²) in [6.07, 6.45) is 4.60. The van der Waals surface area contributed by atoms with Crippen LogP contribution in [-0.4, -0.2) is 46.5 Å². The second kappa shape index (κ2) is 7.22. The fraction of sp³-hybridized carbons (Fsp3) is 0.217. The van der Waals surface area contributed by atoms with Gasteiger partial charge in [0.1, 0.15) is 6.04 Å². The molecule has 10 heteroatoms. The number of halogens is 2. The predicted octanol–water partition coefficient (Wildman–Crippen LogP) is 3.74. The molecular formula is C23H19F2N7O. The zero-order valence-corrected chi connectivity index (χ0v) is 17.6. The highest BCUT2D eigenvalue weighted by molar-refractivity contribution is 6.01. The van der Waals surface area contributed by atoms with Gasteiger partial charge in [0.25, 0.3) is 12.3 Å². The highest BCUT2D eigenvalue weighted by Gasteiger charge is 2.37. The lowest BCUT2D eigenvalue weighted by Crippen LogP contribution is -2.41. The predicted molar refractivity (Wildman–Crippen MR) is 115 cm³/mol. The lowest BCUT2D eigenvalue weighted by Gasteiger charge is -2.33. The quantitative estimate of drug-likeness (QED) is 0.457. The van der Waals surface area contributed by atoms with Gasteiger partial charge in [-0.25, -0.2) is 22.8 Å². The van der Waals surface area contributed by atoms with E-state index in [-0.39, 0.29) is 11.5 Å². The molecule has 0 spiro atoms. The first-order valence-electron chi connectivity index (χ1n) is 10.5. The molecule has 0 radical (unpaired) electrons.